The Morgan fingerprint density at radius 1 is 1.17 bits per heavy atom. The van der Waals surface area contributed by atoms with Gasteiger partial charge in [-0.25, -0.2) is 0 Å². The molecule has 1 unspecified atom stereocenters. The third-order valence-electron chi connectivity index (χ3n) is 4.30. The number of ether oxygens (including phenoxy) is 1. The maximum absolute atomic E-state index is 12.2. The fraction of sp³-hybridized carbons (Fsp3) is 0.286. The molecule has 0 fully saturated rings. The molecule has 3 rings (SSSR count). The molecule has 0 saturated carbocycles. The average molecular weight is 465 g/mol. The molecule has 0 bridgehead atoms. The highest BCUT2D eigenvalue weighted by molar-refractivity contribution is 7.99. The fourth-order valence-corrected chi connectivity index (χ4v) is 3.92. The minimum atomic E-state index is -0.342. The summed E-state index contributed by atoms with van der Waals surface area (Å²) in [6, 6.07) is 14.7. The van der Waals surface area contributed by atoms with Crippen molar-refractivity contribution in [3.05, 3.63) is 70.0 Å². The number of halogens is 2. The lowest BCUT2D eigenvalue weighted by Crippen LogP contribution is -2.24. The number of nitrogens with zero attached hydrogens (tertiary/aromatic N) is 3. The molecule has 1 aromatic heterocycles. The topological polar surface area (TPSA) is 69.0 Å². The Morgan fingerprint density at radius 3 is 2.60 bits per heavy atom. The van der Waals surface area contributed by atoms with Gasteiger partial charge in [-0.1, -0.05) is 59.2 Å². The molecular weight excluding hydrogens is 443 g/mol. The van der Waals surface area contributed by atoms with Crippen LogP contribution in [0, 0.1) is 0 Å². The van der Waals surface area contributed by atoms with Crippen molar-refractivity contribution in [2.24, 2.45) is 0 Å². The number of hydrogen-bond acceptors (Lipinski definition) is 5. The van der Waals surface area contributed by atoms with Gasteiger partial charge in [0.1, 0.15) is 5.75 Å². The monoisotopic (exact) mass is 464 g/mol. The van der Waals surface area contributed by atoms with Crippen LogP contribution >= 0.6 is 35.0 Å². The number of aromatic nitrogens is 3. The Hall–Kier alpha value is -2.22. The van der Waals surface area contributed by atoms with E-state index in [1.807, 2.05) is 48.7 Å². The largest absolute Gasteiger partial charge is 0.481 e. The molecule has 0 spiro atoms. The SMILES string of the molecule is CCn1c(SCC(=O)NCc2ccc(Cl)cc2)nnc1C(C)Oc1ccccc1Cl. The molecule has 1 N–H and O–H groups in total. The van der Waals surface area contributed by atoms with Crippen LogP contribution in [-0.4, -0.2) is 26.4 Å². The smallest absolute Gasteiger partial charge is 0.230 e. The predicted molar refractivity (Wildman–Crippen MR) is 120 cm³/mol. The third kappa shape index (κ3) is 5.90. The van der Waals surface area contributed by atoms with E-state index >= 15 is 0 Å². The van der Waals surface area contributed by atoms with Gasteiger partial charge in [0.25, 0.3) is 0 Å². The summed E-state index contributed by atoms with van der Waals surface area (Å²) >= 11 is 13.4. The number of rotatable bonds is 9. The molecule has 0 aliphatic carbocycles. The zero-order chi connectivity index (χ0) is 21.5. The molecule has 30 heavy (non-hydrogen) atoms. The number of nitrogens with one attached hydrogen (secondary N) is 1. The van der Waals surface area contributed by atoms with E-state index in [-0.39, 0.29) is 17.8 Å². The first kappa shape index (κ1) is 22.5. The summed E-state index contributed by atoms with van der Waals surface area (Å²) in [5.74, 6) is 1.43. The summed E-state index contributed by atoms with van der Waals surface area (Å²) in [7, 11) is 0. The second-order valence-corrected chi connectivity index (χ2v) is 8.25. The zero-order valence-corrected chi connectivity index (χ0v) is 19.0. The first-order valence-corrected chi connectivity index (χ1v) is 11.2. The van der Waals surface area contributed by atoms with Crippen molar-refractivity contribution in [2.45, 2.75) is 38.2 Å². The van der Waals surface area contributed by atoms with E-state index in [2.05, 4.69) is 15.5 Å². The Labute approximate surface area is 189 Å². The van der Waals surface area contributed by atoms with E-state index < -0.39 is 0 Å². The molecule has 1 heterocycles. The molecule has 158 valence electrons. The van der Waals surface area contributed by atoms with Gasteiger partial charge >= 0.3 is 0 Å². The van der Waals surface area contributed by atoms with Crippen molar-refractivity contribution < 1.29 is 9.53 Å². The summed E-state index contributed by atoms with van der Waals surface area (Å²) < 4.78 is 7.90. The Balaban J connectivity index is 1.57. The van der Waals surface area contributed by atoms with Crippen LogP contribution < -0.4 is 10.1 Å². The standard InChI is InChI=1S/C21H22Cl2N4O2S/c1-3-27-20(14(2)29-18-7-5-4-6-17(18)23)25-26-21(27)30-13-19(28)24-12-15-8-10-16(22)11-9-15/h4-11,14H,3,12-13H2,1-2H3,(H,24,28). The molecule has 1 amide bonds. The van der Waals surface area contributed by atoms with Gasteiger partial charge in [0.2, 0.25) is 5.91 Å². The molecular formula is C21H22Cl2N4O2S. The number of hydrogen-bond donors (Lipinski definition) is 1. The maximum atomic E-state index is 12.2. The number of carbonyl (C=O) groups is 1. The molecule has 6 nitrogen and oxygen atoms in total. The molecule has 2 aromatic carbocycles. The van der Waals surface area contributed by atoms with Crippen molar-refractivity contribution in [1.29, 1.82) is 0 Å². The molecule has 0 saturated heterocycles. The van der Waals surface area contributed by atoms with E-state index in [4.69, 9.17) is 27.9 Å². The second-order valence-electron chi connectivity index (χ2n) is 6.47. The molecule has 3 aromatic rings. The highest BCUT2D eigenvalue weighted by Gasteiger charge is 2.20. The third-order valence-corrected chi connectivity index (χ3v) is 5.83. The lowest BCUT2D eigenvalue weighted by molar-refractivity contribution is -0.118. The van der Waals surface area contributed by atoms with Crippen LogP contribution in [-0.2, 0) is 17.9 Å². The number of thioether (sulfide) groups is 1. The number of amides is 1. The van der Waals surface area contributed by atoms with Gasteiger partial charge in [-0.15, -0.1) is 10.2 Å². The minimum absolute atomic E-state index is 0.0810. The van der Waals surface area contributed by atoms with Gasteiger partial charge in [0, 0.05) is 18.1 Å². The van der Waals surface area contributed by atoms with Crippen molar-refractivity contribution >= 4 is 40.9 Å². The van der Waals surface area contributed by atoms with Crippen molar-refractivity contribution in [3.8, 4) is 5.75 Å². The zero-order valence-electron chi connectivity index (χ0n) is 16.6. The predicted octanol–water partition coefficient (Wildman–Crippen LogP) is 5.15. The summed E-state index contributed by atoms with van der Waals surface area (Å²) in [5.41, 5.74) is 0.988. The fourth-order valence-electron chi connectivity index (χ4n) is 2.77. The number of para-hydroxylation sites is 1. The maximum Gasteiger partial charge on any atom is 0.230 e. The van der Waals surface area contributed by atoms with Crippen LogP contribution in [0.5, 0.6) is 5.75 Å². The quantitative estimate of drug-likeness (QED) is 0.443. The summed E-state index contributed by atoms with van der Waals surface area (Å²) in [4.78, 5) is 12.2. The summed E-state index contributed by atoms with van der Waals surface area (Å²) in [6.45, 7) is 5.00. The van der Waals surface area contributed by atoms with Crippen LogP contribution in [0.2, 0.25) is 10.0 Å². The summed E-state index contributed by atoms with van der Waals surface area (Å²) in [5, 5.41) is 13.3. The van der Waals surface area contributed by atoms with E-state index in [1.165, 1.54) is 11.8 Å². The van der Waals surface area contributed by atoms with Crippen molar-refractivity contribution in [2.75, 3.05) is 5.75 Å². The number of carbonyl (C=O) groups excluding carboxylic acids is 1. The van der Waals surface area contributed by atoms with Gasteiger partial charge in [-0.2, -0.15) is 0 Å². The Morgan fingerprint density at radius 2 is 1.90 bits per heavy atom. The van der Waals surface area contributed by atoms with Gasteiger partial charge in [-0.05, 0) is 43.7 Å². The van der Waals surface area contributed by atoms with Crippen molar-refractivity contribution in [1.82, 2.24) is 20.1 Å². The van der Waals surface area contributed by atoms with E-state index in [1.54, 1.807) is 18.2 Å². The molecule has 0 aliphatic heterocycles. The van der Waals surface area contributed by atoms with Crippen LogP contribution in [0.15, 0.2) is 53.7 Å². The van der Waals surface area contributed by atoms with E-state index in [0.29, 0.717) is 39.9 Å². The molecule has 1 atom stereocenters. The second kappa shape index (κ2) is 10.7. The highest BCUT2D eigenvalue weighted by Crippen LogP contribution is 2.29. The Bertz CT molecular complexity index is 995. The van der Waals surface area contributed by atoms with E-state index in [0.717, 1.165) is 5.56 Å². The first-order valence-electron chi connectivity index (χ1n) is 9.46. The lowest BCUT2D eigenvalue weighted by Gasteiger charge is -2.16. The highest BCUT2D eigenvalue weighted by atomic mass is 35.5. The van der Waals surface area contributed by atoms with Gasteiger partial charge in [0.05, 0.1) is 10.8 Å². The van der Waals surface area contributed by atoms with Crippen LogP contribution in [0.3, 0.4) is 0 Å². The summed E-state index contributed by atoms with van der Waals surface area (Å²) in [6.07, 6.45) is -0.342. The van der Waals surface area contributed by atoms with Crippen LogP contribution in [0.4, 0.5) is 0 Å². The lowest BCUT2D eigenvalue weighted by atomic mass is 10.2. The average Bonchev–Trinajstić information content (AvgIpc) is 3.16. The molecule has 0 radical (unpaired) electrons. The minimum Gasteiger partial charge on any atom is -0.481 e. The van der Waals surface area contributed by atoms with Gasteiger partial charge in [-0.3, -0.25) is 4.79 Å². The normalized spacial score (nSPS) is 11.9. The first-order chi connectivity index (χ1) is 14.5. The van der Waals surface area contributed by atoms with Gasteiger partial charge < -0.3 is 14.6 Å². The van der Waals surface area contributed by atoms with Crippen LogP contribution in [0.25, 0.3) is 0 Å². The van der Waals surface area contributed by atoms with Gasteiger partial charge in [0.15, 0.2) is 17.1 Å². The van der Waals surface area contributed by atoms with Crippen molar-refractivity contribution in [3.63, 3.8) is 0 Å². The van der Waals surface area contributed by atoms with E-state index in [9.17, 15) is 4.79 Å². The molecule has 9 heteroatoms. The van der Waals surface area contributed by atoms with Crippen LogP contribution in [0.1, 0.15) is 31.3 Å². The number of benzene rings is 2. The molecule has 0 aliphatic rings. The Kier molecular flexibility index (Phi) is 8.01.